The Hall–Kier alpha value is -2.18. The molecule has 0 unspecified atom stereocenters. The van der Waals surface area contributed by atoms with E-state index in [1.54, 1.807) is 6.20 Å². The van der Waals surface area contributed by atoms with Crippen LogP contribution in [0.5, 0.6) is 0 Å². The molecule has 1 amide bonds. The van der Waals surface area contributed by atoms with Crippen molar-refractivity contribution in [3.05, 3.63) is 29.5 Å². The number of aryl methyl sites for hydroxylation is 2. The second kappa shape index (κ2) is 6.12. The Bertz CT molecular complexity index is 546. The molecule has 0 aliphatic rings. The number of aromatic amines is 1. The number of hydrogen-bond acceptors (Lipinski definition) is 5. The van der Waals surface area contributed by atoms with Gasteiger partial charge in [-0.05, 0) is 6.42 Å². The molecule has 2 N–H and O–H groups in total. The minimum absolute atomic E-state index is 0.144. The van der Waals surface area contributed by atoms with Crippen LogP contribution in [0.2, 0.25) is 0 Å². The van der Waals surface area contributed by atoms with Gasteiger partial charge in [-0.1, -0.05) is 13.8 Å². The lowest BCUT2D eigenvalue weighted by Crippen LogP contribution is -2.24. The molecule has 2 aromatic heterocycles. The van der Waals surface area contributed by atoms with Crippen LogP contribution < -0.4 is 5.32 Å². The van der Waals surface area contributed by atoms with E-state index >= 15 is 0 Å². The molecule has 0 aliphatic carbocycles. The smallest absolute Gasteiger partial charge is 0.291 e. The Morgan fingerprint density at radius 2 is 2.32 bits per heavy atom. The third-order valence-corrected chi connectivity index (χ3v) is 2.57. The van der Waals surface area contributed by atoms with Crippen molar-refractivity contribution in [3.63, 3.8) is 0 Å². The summed E-state index contributed by atoms with van der Waals surface area (Å²) in [7, 11) is 0. The fraction of sp³-hybridized carbons (Fsp3) is 0.500. The molecule has 0 radical (unpaired) electrons. The maximum atomic E-state index is 11.8. The first kappa shape index (κ1) is 13.3. The van der Waals surface area contributed by atoms with Crippen molar-refractivity contribution in [2.45, 2.75) is 39.7 Å². The monoisotopic (exact) mass is 263 g/mol. The second-order valence-corrected chi connectivity index (χ2v) is 4.11. The van der Waals surface area contributed by atoms with E-state index in [4.69, 9.17) is 4.42 Å². The summed E-state index contributed by atoms with van der Waals surface area (Å²) in [6.45, 7) is 4.25. The number of oxazole rings is 1. The third-order valence-electron chi connectivity index (χ3n) is 2.57. The first-order chi connectivity index (χ1) is 9.22. The number of rotatable bonds is 6. The molecule has 0 spiro atoms. The summed E-state index contributed by atoms with van der Waals surface area (Å²) >= 11 is 0. The van der Waals surface area contributed by atoms with Crippen LogP contribution in [-0.2, 0) is 19.4 Å². The standard InChI is InChI=1S/C12H17N5O2/c1-3-5-9-15-11(17-16-9)12(18)14-7-10-13-6-8(4-2)19-10/h6H,3-5,7H2,1-2H3,(H,14,18)(H,15,16,17). The Labute approximate surface area is 110 Å². The van der Waals surface area contributed by atoms with Crippen LogP contribution in [0.15, 0.2) is 10.6 Å². The van der Waals surface area contributed by atoms with E-state index in [-0.39, 0.29) is 18.3 Å². The highest BCUT2D eigenvalue weighted by molar-refractivity contribution is 5.90. The lowest BCUT2D eigenvalue weighted by molar-refractivity contribution is 0.0937. The summed E-state index contributed by atoms with van der Waals surface area (Å²) < 4.78 is 5.39. The number of nitrogens with one attached hydrogen (secondary N) is 2. The molecule has 0 saturated heterocycles. The highest BCUT2D eigenvalue weighted by atomic mass is 16.4. The van der Waals surface area contributed by atoms with Crippen LogP contribution in [0, 0.1) is 0 Å². The first-order valence-corrected chi connectivity index (χ1v) is 6.36. The predicted octanol–water partition coefficient (Wildman–Crippen LogP) is 1.24. The fourth-order valence-corrected chi connectivity index (χ4v) is 1.57. The van der Waals surface area contributed by atoms with E-state index in [0.29, 0.717) is 5.89 Å². The summed E-state index contributed by atoms with van der Waals surface area (Å²) in [5.41, 5.74) is 0. The van der Waals surface area contributed by atoms with E-state index in [1.165, 1.54) is 0 Å². The second-order valence-electron chi connectivity index (χ2n) is 4.11. The van der Waals surface area contributed by atoms with Crippen molar-refractivity contribution in [2.75, 3.05) is 0 Å². The van der Waals surface area contributed by atoms with Gasteiger partial charge in [-0.15, -0.1) is 5.10 Å². The number of aromatic nitrogens is 4. The third kappa shape index (κ3) is 3.40. The van der Waals surface area contributed by atoms with Gasteiger partial charge in [0.1, 0.15) is 11.6 Å². The molecule has 0 aromatic carbocycles. The van der Waals surface area contributed by atoms with Crippen LogP contribution in [0.3, 0.4) is 0 Å². The molecule has 2 heterocycles. The van der Waals surface area contributed by atoms with Gasteiger partial charge in [0, 0.05) is 12.8 Å². The van der Waals surface area contributed by atoms with Crippen molar-refractivity contribution in [3.8, 4) is 0 Å². The lowest BCUT2D eigenvalue weighted by Gasteiger charge is -1.98. The van der Waals surface area contributed by atoms with E-state index in [9.17, 15) is 4.79 Å². The number of nitrogens with zero attached hydrogens (tertiary/aromatic N) is 3. The zero-order valence-corrected chi connectivity index (χ0v) is 11.1. The van der Waals surface area contributed by atoms with Crippen molar-refractivity contribution in [1.29, 1.82) is 0 Å². The van der Waals surface area contributed by atoms with Gasteiger partial charge in [0.2, 0.25) is 11.7 Å². The summed E-state index contributed by atoms with van der Waals surface area (Å²) in [6, 6.07) is 0. The molecule has 0 saturated carbocycles. The van der Waals surface area contributed by atoms with Crippen LogP contribution in [-0.4, -0.2) is 26.1 Å². The Kier molecular flexibility index (Phi) is 4.27. The zero-order chi connectivity index (χ0) is 13.7. The largest absolute Gasteiger partial charge is 0.444 e. The minimum Gasteiger partial charge on any atom is -0.444 e. The SMILES string of the molecule is CCCc1nc(C(=O)NCc2ncc(CC)o2)n[nH]1. The zero-order valence-electron chi connectivity index (χ0n) is 11.1. The quantitative estimate of drug-likeness (QED) is 0.817. The van der Waals surface area contributed by atoms with Crippen LogP contribution in [0.4, 0.5) is 0 Å². The number of carbonyl (C=O) groups excluding carboxylic acids is 1. The average molecular weight is 263 g/mol. The minimum atomic E-state index is -0.338. The van der Waals surface area contributed by atoms with Crippen molar-refractivity contribution >= 4 is 5.91 Å². The molecule has 0 aliphatic heterocycles. The fourth-order valence-electron chi connectivity index (χ4n) is 1.57. The van der Waals surface area contributed by atoms with Crippen molar-refractivity contribution in [2.24, 2.45) is 0 Å². The number of hydrogen-bond donors (Lipinski definition) is 2. The Morgan fingerprint density at radius 3 is 3.00 bits per heavy atom. The van der Waals surface area contributed by atoms with Gasteiger partial charge in [-0.25, -0.2) is 9.97 Å². The summed E-state index contributed by atoms with van der Waals surface area (Å²) in [5.74, 6) is 1.81. The molecule has 7 nitrogen and oxygen atoms in total. The van der Waals surface area contributed by atoms with E-state index < -0.39 is 0 Å². The van der Waals surface area contributed by atoms with E-state index in [0.717, 1.165) is 30.8 Å². The van der Waals surface area contributed by atoms with Gasteiger partial charge in [-0.2, -0.15) is 0 Å². The number of H-pyrrole nitrogens is 1. The Balaban J connectivity index is 1.89. The van der Waals surface area contributed by atoms with Crippen LogP contribution in [0.1, 0.15) is 48.4 Å². The molecule has 2 aromatic rings. The van der Waals surface area contributed by atoms with Crippen LogP contribution in [0.25, 0.3) is 0 Å². The summed E-state index contributed by atoms with van der Waals surface area (Å²) in [4.78, 5) is 19.9. The van der Waals surface area contributed by atoms with Crippen molar-refractivity contribution in [1.82, 2.24) is 25.5 Å². The maximum absolute atomic E-state index is 11.8. The predicted molar refractivity (Wildman–Crippen MR) is 67.4 cm³/mol. The number of amides is 1. The van der Waals surface area contributed by atoms with Gasteiger partial charge < -0.3 is 9.73 Å². The maximum Gasteiger partial charge on any atom is 0.291 e. The van der Waals surface area contributed by atoms with E-state index in [1.807, 2.05) is 13.8 Å². The molecular weight excluding hydrogens is 246 g/mol. The average Bonchev–Trinajstić information content (AvgIpc) is 3.05. The summed E-state index contributed by atoms with van der Waals surface area (Å²) in [6.07, 6.45) is 4.17. The number of carbonyl (C=O) groups is 1. The molecular formula is C12H17N5O2. The molecule has 0 bridgehead atoms. The molecule has 102 valence electrons. The topological polar surface area (TPSA) is 96.7 Å². The molecule has 19 heavy (non-hydrogen) atoms. The van der Waals surface area contributed by atoms with Gasteiger partial charge in [0.15, 0.2) is 0 Å². The highest BCUT2D eigenvalue weighted by Crippen LogP contribution is 2.04. The van der Waals surface area contributed by atoms with Gasteiger partial charge in [0.05, 0.1) is 12.7 Å². The van der Waals surface area contributed by atoms with Crippen LogP contribution >= 0.6 is 0 Å². The Morgan fingerprint density at radius 1 is 1.47 bits per heavy atom. The van der Waals surface area contributed by atoms with E-state index in [2.05, 4.69) is 25.5 Å². The molecule has 7 heteroatoms. The van der Waals surface area contributed by atoms with Gasteiger partial charge >= 0.3 is 0 Å². The molecule has 0 atom stereocenters. The molecule has 0 fully saturated rings. The van der Waals surface area contributed by atoms with Gasteiger partial charge in [0.25, 0.3) is 5.91 Å². The van der Waals surface area contributed by atoms with Crippen molar-refractivity contribution < 1.29 is 9.21 Å². The first-order valence-electron chi connectivity index (χ1n) is 6.36. The normalized spacial score (nSPS) is 10.6. The highest BCUT2D eigenvalue weighted by Gasteiger charge is 2.13. The summed E-state index contributed by atoms with van der Waals surface area (Å²) in [5, 5.41) is 9.28. The van der Waals surface area contributed by atoms with Gasteiger partial charge in [-0.3, -0.25) is 9.89 Å². The molecule has 2 rings (SSSR count). The lowest BCUT2D eigenvalue weighted by atomic mass is 10.3.